The zero-order chi connectivity index (χ0) is 18.1. The Labute approximate surface area is 138 Å². The first kappa shape index (κ1) is 18.0. The van der Waals surface area contributed by atoms with Crippen molar-refractivity contribution in [3.63, 3.8) is 0 Å². The van der Waals surface area contributed by atoms with Crippen molar-refractivity contribution in [2.75, 3.05) is 7.05 Å². The molecular weight excluding hydrogens is 349 g/mol. The van der Waals surface area contributed by atoms with Gasteiger partial charge in [0, 0.05) is 18.0 Å². The Morgan fingerprint density at radius 2 is 2.08 bits per heavy atom. The summed E-state index contributed by atoms with van der Waals surface area (Å²) in [5, 5.41) is 9.84. The molecule has 0 aromatic carbocycles. The summed E-state index contributed by atoms with van der Waals surface area (Å²) < 4.78 is 42.7. The molecule has 2 rings (SSSR count). The summed E-state index contributed by atoms with van der Waals surface area (Å²) in [6.45, 7) is 1.46. The second kappa shape index (κ2) is 6.63. The Morgan fingerprint density at radius 1 is 1.42 bits per heavy atom. The minimum atomic E-state index is -4.53. The molecule has 1 amide bonds. The number of alkyl halides is 3. The van der Waals surface area contributed by atoms with Crippen LogP contribution in [0.1, 0.15) is 32.4 Å². The molecule has 2 aromatic rings. The second-order valence-corrected chi connectivity index (χ2v) is 6.02. The number of aryl methyl sites for hydroxylation is 1. The monoisotopic (exact) mass is 362 g/mol. The number of aliphatic carboxylic acids is 1. The molecule has 0 bridgehead atoms. The smallest absolute Gasteiger partial charge is 0.434 e. The third-order valence-electron chi connectivity index (χ3n) is 3.14. The number of aromatic nitrogens is 1. The molecule has 0 spiro atoms. The standard InChI is InChI=1S/C14H13F3N2O4S/c1-7-5-23-8(3-11(20)21)12(7)13(22)19(2)4-10-18-9(6-24-10)14(15,16)17/h5-6H,3-4H2,1-2H3,(H,20,21). The zero-order valence-electron chi connectivity index (χ0n) is 12.7. The number of hydrogen-bond acceptors (Lipinski definition) is 5. The van der Waals surface area contributed by atoms with Crippen LogP contribution in [0.5, 0.6) is 0 Å². The molecule has 0 aliphatic carbocycles. The fraction of sp³-hybridized carbons (Fsp3) is 0.357. The first-order valence-electron chi connectivity index (χ1n) is 6.65. The maximum atomic E-state index is 12.5. The average molecular weight is 362 g/mol. The molecule has 0 aliphatic rings. The molecule has 0 unspecified atom stereocenters. The van der Waals surface area contributed by atoms with Gasteiger partial charge in [-0.05, 0) is 6.92 Å². The molecule has 6 nitrogen and oxygen atoms in total. The summed E-state index contributed by atoms with van der Waals surface area (Å²) in [7, 11) is 1.40. The first-order valence-corrected chi connectivity index (χ1v) is 7.53. The highest BCUT2D eigenvalue weighted by Gasteiger charge is 2.34. The molecular formula is C14H13F3N2O4S. The Bertz CT molecular complexity index is 766. The van der Waals surface area contributed by atoms with E-state index >= 15 is 0 Å². The second-order valence-electron chi connectivity index (χ2n) is 5.07. The lowest BCUT2D eigenvalue weighted by atomic mass is 10.1. The lowest BCUT2D eigenvalue weighted by molar-refractivity contribution is -0.141. The van der Waals surface area contributed by atoms with Gasteiger partial charge in [-0.2, -0.15) is 13.2 Å². The molecule has 0 saturated heterocycles. The number of carbonyl (C=O) groups excluding carboxylic acids is 1. The Hall–Kier alpha value is -2.36. The molecule has 0 atom stereocenters. The molecule has 0 fully saturated rings. The van der Waals surface area contributed by atoms with E-state index in [-0.39, 0.29) is 22.9 Å². The van der Waals surface area contributed by atoms with E-state index in [0.29, 0.717) is 5.56 Å². The van der Waals surface area contributed by atoms with Crippen LogP contribution in [0.25, 0.3) is 0 Å². The van der Waals surface area contributed by atoms with Crippen LogP contribution in [0.15, 0.2) is 16.1 Å². The van der Waals surface area contributed by atoms with Crippen LogP contribution in [0.3, 0.4) is 0 Å². The molecule has 2 aromatic heterocycles. The van der Waals surface area contributed by atoms with Gasteiger partial charge in [-0.3, -0.25) is 9.59 Å². The van der Waals surface area contributed by atoms with Crippen molar-refractivity contribution in [1.29, 1.82) is 0 Å². The minimum Gasteiger partial charge on any atom is -0.481 e. The minimum absolute atomic E-state index is 0.00645. The summed E-state index contributed by atoms with van der Waals surface area (Å²) >= 11 is 0.796. The van der Waals surface area contributed by atoms with Crippen molar-refractivity contribution in [3.8, 4) is 0 Å². The van der Waals surface area contributed by atoms with E-state index in [0.717, 1.165) is 16.7 Å². The van der Waals surface area contributed by atoms with E-state index in [1.165, 1.54) is 18.2 Å². The predicted molar refractivity (Wildman–Crippen MR) is 77.7 cm³/mol. The number of rotatable bonds is 5. The van der Waals surface area contributed by atoms with Crippen molar-refractivity contribution in [2.24, 2.45) is 0 Å². The molecule has 0 radical (unpaired) electrons. The number of halogens is 3. The Kier molecular flexibility index (Phi) is 4.97. The number of carbonyl (C=O) groups is 2. The van der Waals surface area contributed by atoms with Crippen molar-refractivity contribution in [3.05, 3.63) is 39.2 Å². The van der Waals surface area contributed by atoms with Crippen molar-refractivity contribution in [1.82, 2.24) is 9.88 Å². The van der Waals surface area contributed by atoms with E-state index in [1.807, 2.05) is 0 Å². The van der Waals surface area contributed by atoms with E-state index in [2.05, 4.69) is 4.98 Å². The first-order chi connectivity index (χ1) is 11.1. The van der Waals surface area contributed by atoms with Crippen LogP contribution in [-0.2, 0) is 23.9 Å². The molecule has 0 saturated carbocycles. The zero-order valence-corrected chi connectivity index (χ0v) is 13.5. The van der Waals surface area contributed by atoms with Gasteiger partial charge in [-0.25, -0.2) is 4.98 Å². The van der Waals surface area contributed by atoms with Crippen molar-refractivity contribution >= 4 is 23.2 Å². The van der Waals surface area contributed by atoms with Gasteiger partial charge in [0.05, 0.1) is 18.4 Å². The summed E-state index contributed by atoms with van der Waals surface area (Å²) in [5.74, 6) is -1.69. The van der Waals surface area contributed by atoms with Gasteiger partial charge in [-0.15, -0.1) is 11.3 Å². The fourth-order valence-electron chi connectivity index (χ4n) is 2.03. The van der Waals surface area contributed by atoms with E-state index < -0.39 is 30.2 Å². The van der Waals surface area contributed by atoms with Gasteiger partial charge >= 0.3 is 12.1 Å². The van der Waals surface area contributed by atoms with Crippen LogP contribution in [0.2, 0.25) is 0 Å². The average Bonchev–Trinajstić information content (AvgIpc) is 3.04. The molecule has 24 heavy (non-hydrogen) atoms. The normalized spacial score (nSPS) is 11.5. The van der Waals surface area contributed by atoms with Crippen molar-refractivity contribution < 1.29 is 32.3 Å². The topological polar surface area (TPSA) is 83.6 Å². The summed E-state index contributed by atoms with van der Waals surface area (Å²) in [4.78, 5) is 27.9. The van der Waals surface area contributed by atoms with Gasteiger partial charge in [0.25, 0.3) is 5.91 Å². The number of nitrogens with zero attached hydrogens (tertiary/aromatic N) is 2. The fourth-order valence-corrected chi connectivity index (χ4v) is 2.89. The van der Waals surface area contributed by atoms with Gasteiger partial charge in [-0.1, -0.05) is 0 Å². The molecule has 130 valence electrons. The quantitative estimate of drug-likeness (QED) is 0.884. The Morgan fingerprint density at radius 3 is 2.62 bits per heavy atom. The third-order valence-corrected chi connectivity index (χ3v) is 3.97. The molecule has 10 heteroatoms. The van der Waals surface area contributed by atoms with E-state index in [1.54, 1.807) is 6.92 Å². The lowest BCUT2D eigenvalue weighted by Gasteiger charge is -2.16. The van der Waals surface area contributed by atoms with Crippen LogP contribution in [-0.4, -0.2) is 33.9 Å². The number of carboxylic acid groups (broad SMARTS) is 1. The predicted octanol–water partition coefficient (Wildman–Crippen LogP) is 2.96. The van der Waals surface area contributed by atoms with E-state index in [9.17, 15) is 22.8 Å². The maximum absolute atomic E-state index is 12.5. The summed E-state index contributed by atoms with van der Waals surface area (Å²) in [5.41, 5.74) is -0.444. The van der Waals surface area contributed by atoms with Crippen LogP contribution in [0.4, 0.5) is 13.2 Å². The molecule has 1 N–H and O–H groups in total. The van der Waals surface area contributed by atoms with Crippen LogP contribution in [0, 0.1) is 6.92 Å². The number of hydrogen-bond donors (Lipinski definition) is 1. The number of carboxylic acids is 1. The summed E-state index contributed by atoms with van der Waals surface area (Å²) in [6, 6.07) is 0. The molecule has 0 aliphatic heterocycles. The highest BCUT2D eigenvalue weighted by atomic mass is 32.1. The third kappa shape index (κ3) is 3.94. The molecule has 2 heterocycles. The highest BCUT2D eigenvalue weighted by molar-refractivity contribution is 7.09. The number of thiazole rings is 1. The van der Waals surface area contributed by atoms with E-state index in [4.69, 9.17) is 9.52 Å². The van der Waals surface area contributed by atoms with Crippen LogP contribution >= 0.6 is 11.3 Å². The SMILES string of the molecule is Cc1coc(CC(=O)O)c1C(=O)N(C)Cc1nc(C(F)(F)F)cs1. The maximum Gasteiger partial charge on any atom is 0.434 e. The largest absolute Gasteiger partial charge is 0.481 e. The van der Waals surface area contributed by atoms with Crippen LogP contribution < -0.4 is 0 Å². The lowest BCUT2D eigenvalue weighted by Crippen LogP contribution is -2.27. The highest BCUT2D eigenvalue weighted by Crippen LogP contribution is 2.30. The van der Waals surface area contributed by atoms with Gasteiger partial charge in [0.2, 0.25) is 0 Å². The van der Waals surface area contributed by atoms with Gasteiger partial charge in [0.15, 0.2) is 5.69 Å². The van der Waals surface area contributed by atoms with Gasteiger partial charge in [0.1, 0.15) is 17.2 Å². The van der Waals surface area contributed by atoms with Crippen molar-refractivity contribution in [2.45, 2.75) is 26.1 Å². The number of amides is 1. The number of furan rings is 1. The van der Waals surface area contributed by atoms with Gasteiger partial charge < -0.3 is 14.4 Å². The Balaban J connectivity index is 2.17. The summed E-state index contributed by atoms with van der Waals surface area (Å²) in [6.07, 6.45) is -3.73.